The van der Waals surface area contributed by atoms with Gasteiger partial charge in [-0.3, -0.25) is 14.2 Å². The summed E-state index contributed by atoms with van der Waals surface area (Å²) in [4.78, 5) is 41.6. The third-order valence-electron chi connectivity index (χ3n) is 5.81. The molecule has 0 bridgehead atoms. The molecule has 2 aromatic carbocycles. The zero-order valence-electron chi connectivity index (χ0n) is 18.1. The van der Waals surface area contributed by atoms with Crippen LogP contribution in [0.2, 0.25) is 0 Å². The molecule has 0 aliphatic carbocycles. The smallest absolute Gasteiger partial charge is 0.336 e. The predicted molar refractivity (Wildman–Crippen MR) is 122 cm³/mol. The molecule has 162 valence electrons. The molecule has 7 heteroatoms. The monoisotopic (exact) mass is 420 g/mol. The van der Waals surface area contributed by atoms with Crippen LogP contribution in [0, 0.1) is 13.8 Å². The number of hydrogen-bond acceptors (Lipinski definition) is 4. The van der Waals surface area contributed by atoms with Gasteiger partial charge in [-0.25, -0.2) is 9.36 Å². The largest absolute Gasteiger partial charge is 0.353 e. The summed E-state index contributed by atoms with van der Waals surface area (Å²) in [6.45, 7) is 7.17. The van der Waals surface area contributed by atoms with Gasteiger partial charge in [-0.2, -0.15) is 0 Å². The first kappa shape index (κ1) is 21.1. The summed E-state index contributed by atoms with van der Waals surface area (Å²) in [6, 6.07) is 12.6. The topological polar surface area (TPSA) is 76.3 Å². The molecule has 1 amide bonds. The second-order valence-electron chi connectivity index (χ2n) is 8.27. The summed E-state index contributed by atoms with van der Waals surface area (Å²) >= 11 is 0. The zero-order chi connectivity index (χ0) is 22.0. The highest BCUT2D eigenvalue weighted by Gasteiger charge is 2.17. The second-order valence-corrected chi connectivity index (χ2v) is 8.27. The highest BCUT2D eigenvalue weighted by Crippen LogP contribution is 2.13. The minimum atomic E-state index is -0.512. The van der Waals surface area contributed by atoms with Crippen LogP contribution in [-0.4, -0.2) is 46.1 Å². The molecule has 1 aromatic heterocycles. The Balaban J connectivity index is 1.70. The van der Waals surface area contributed by atoms with Crippen molar-refractivity contribution in [3.63, 3.8) is 0 Å². The molecule has 0 atom stereocenters. The van der Waals surface area contributed by atoms with Crippen molar-refractivity contribution in [3.05, 3.63) is 74.4 Å². The number of carbonyl (C=O) groups excluding carboxylic acids is 1. The molecule has 0 unspecified atom stereocenters. The first-order valence-electron chi connectivity index (χ1n) is 10.8. The van der Waals surface area contributed by atoms with Crippen LogP contribution in [0.5, 0.6) is 0 Å². The summed E-state index contributed by atoms with van der Waals surface area (Å²) in [5, 5.41) is 3.34. The molecule has 0 saturated carbocycles. The predicted octanol–water partition coefficient (Wildman–Crippen LogP) is 1.98. The fourth-order valence-corrected chi connectivity index (χ4v) is 4.19. The second kappa shape index (κ2) is 8.89. The van der Waals surface area contributed by atoms with Gasteiger partial charge in [0.2, 0.25) is 5.91 Å². The van der Waals surface area contributed by atoms with Crippen molar-refractivity contribution in [1.29, 1.82) is 0 Å². The van der Waals surface area contributed by atoms with E-state index < -0.39 is 5.69 Å². The van der Waals surface area contributed by atoms with Crippen molar-refractivity contribution in [2.24, 2.45) is 0 Å². The number of hydrogen-bond donors (Lipinski definition) is 1. The highest BCUT2D eigenvalue weighted by molar-refractivity contribution is 5.82. The average Bonchev–Trinajstić information content (AvgIpc) is 3.25. The Labute approximate surface area is 180 Å². The van der Waals surface area contributed by atoms with Crippen LogP contribution < -0.4 is 16.6 Å². The quantitative estimate of drug-likeness (QED) is 0.662. The summed E-state index contributed by atoms with van der Waals surface area (Å²) < 4.78 is 2.55. The fraction of sp³-hybridized carbons (Fsp3) is 0.375. The van der Waals surface area contributed by atoms with E-state index in [1.54, 1.807) is 24.3 Å². The number of carbonyl (C=O) groups is 1. The molecule has 7 nitrogen and oxygen atoms in total. The summed E-state index contributed by atoms with van der Waals surface area (Å²) in [7, 11) is 0. The third-order valence-corrected chi connectivity index (χ3v) is 5.81. The molecule has 0 spiro atoms. The van der Waals surface area contributed by atoms with Gasteiger partial charge in [0.05, 0.1) is 16.6 Å². The van der Waals surface area contributed by atoms with Gasteiger partial charge in [0, 0.05) is 13.1 Å². The molecule has 3 aromatic rings. The van der Waals surface area contributed by atoms with Crippen molar-refractivity contribution in [2.45, 2.75) is 33.2 Å². The van der Waals surface area contributed by atoms with Gasteiger partial charge in [0.15, 0.2) is 0 Å². The fourth-order valence-electron chi connectivity index (χ4n) is 4.19. The van der Waals surface area contributed by atoms with E-state index in [1.165, 1.54) is 17.4 Å². The molecular formula is C24H28N4O3. The summed E-state index contributed by atoms with van der Waals surface area (Å²) in [5.41, 5.74) is 1.95. The normalized spacial score (nSPS) is 14.3. The molecule has 1 aliphatic rings. The van der Waals surface area contributed by atoms with Crippen molar-refractivity contribution < 1.29 is 4.79 Å². The van der Waals surface area contributed by atoms with Gasteiger partial charge in [0.25, 0.3) is 5.56 Å². The standard InChI is InChI=1S/C24H28N4O3/c1-17-6-5-7-19(14-17)28-23(30)20-15-18(2)8-9-21(20)27(24(28)31)16-22(29)25-10-13-26-11-3-4-12-26/h5-9,14-15H,3-4,10-13,16H2,1-2H3,(H,25,29). The number of nitrogens with zero attached hydrogens (tertiary/aromatic N) is 3. The van der Waals surface area contributed by atoms with Crippen molar-refractivity contribution in [1.82, 2.24) is 19.4 Å². The van der Waals surface area contributed by atoms with E-state index in [9.17, 15) is 14.4 Å². The Hall–Kier alpha value is -3.19. The highest BCUT2D eigenvalue weighted by atomic mass is 16.2. The average molecular weight is 421 g/mol. The number of fused-ring (bicyclic) bond motifs is 1. The molecule has 1 N–H and O–H groups in total. The third kappa shape index (κ3) is 4.46. The van der Waals surface area contributed by atoms with Gasteiger partial charge in [0.1, 0.15) is 6.54 Å². The lowest BCUT2D eigenvalue weighted by Gasteiger charge is -2.16. The summed E-state index contributed by atoms with van der Waals surface area (Å²) in [5.74, 6) is -0.238. The molecule has 1 fully saturated rings. The molecule has 31 heavy (non-hydrogen) atoms. The van der Waals surface area contributed by atoms with Crippen LogP contribution in [0.4, 0.5) is 0 Å². The van der Waals surface area contributed by atoms with Crippen LogP contribution in [-0.2, 0) is 11.3 Å². The maximum Gasteiger partial charge on any atom is 0.336 e. The van der Waals surface area contributed by atoms with Crippen LogP contribution in [0.25, 0.3) is 16.6 Å². The van der Waals surface area contributed by atoms with Crippen LogP contribution >= 0.6 is 0 Å². The molecule has 2 heterocycles. The van der Waals surface area contributed by atoms with Gasteiger partial charge in [-0.1, -0.05) is 23.8 Å². The Bertz CT molecular complexity index is 1240. The molecule has 1 saturated heterocycles. The van der Waals surface area contributed by atoms with Gasteiger partial charge >= 0.3 is 5.69 Å². The van der Waals surface area contributed by atoms with Crippen LogP contribution in [0.1, 0.15) is 24.0 Å². The Morgan fingerprint density at radius 3 is 2.48 bits per heavy atom. The molecule has 4 rings (SSSR count). The minimum Gasteiger partial charge on any atom is -0.353 e. The number of likely N-dealkylation sites (tertiary alicyclic amines) is 1. The van der Waals surface area contributed by atoms with E-state index in [0.717, 1.165) is 35.3 Å². The Morgan fingerprint density at radius 1 is 1.00 bits per heavy atom. The van der Waals surface area contributed by atoms with Crippen molar-refractivity contribution in [2.75, 3.05) is 26.2 Å². The van der Waals surface area contributed by atoms with Crippen molar-refractivity contribution in [3.8, 4) is 5.69 Å². The first-order valence-corrected chi connectivity index (χ1v) is 10.8. The number of benzene rings is 2. The number of rotatable bonds is 6. The maximum absolute atomic E-state index is 13.4. The lowest BCUT2D eigenvalue weighted by atomic mass is 10.1. The van der Waals surface area contributed by atoms with E-state index >= 15 is 0 Å². The maximum atomic E-state index is 13.4. The van der Waals surface area contributed by atoms with E-state index in [2.05, 4.69) is 10.2 Å². The van der Waals surface area contributed by atoms with Crippen LogP contribution in [0.3, 0.4) is 0 Å². The van der Waals surface area contributed by atoms with Gasteiger partial charge in [-0.05, 0) is 69.6 Å². The lowest BCUT2D eigenvalue weighted by molar-refractivity contribution is -0.121. The van der Waals surface area contributed by atoms with E-state index in [4.69, 9.17) is 0 Å². The lowest BCUT2D eigenvalue weighted by Crippen LogP contribution is -2.42. The van der Waals surface area contributed by atoms with E-state index in [1.807, 2.05) is 32.0 Å². The molecular weight excluding hydrogens is 392 g/mol. The van der Waals surface area contributed by atoms with Crippen molar-refractivity contribution >= 4 is 16.8 Å². The first-order chi connectivity index (χ1) is 14.9. The molecule has 1 aliphatic heterocycles. The minimum absolute atomic E-state index is 0.134. The number of amides is 1. The van der Waals surface area contributed by atoms with E-state index in [0.29, 0.717) is 23.1 Å². The Morgan fingerprint density at radius 2 is 1.74 bits per heavy atom. The number of aryl methyl sites for hydroxylation is 2. The Kier molecular flexibility index (Phi) is 6.04. The SMILES string of the molecule is Cc1cccc(-n2c(=O)c3cc(C)ccc3n(CC(=O)NCCN3CCCC3)c2=O)c1. The zero-order valence-corrected chi connectivity index (χ0v) is 18.1. The number of aromatic nitrogens is 2. The number of nitrogens with one attached hydrogen (secondary N) is 1. The molecule has 0 radical (unpaired) electrons. The van der Waals surface area contributed by atoms with Crippen LogP contribution in [0.15, 0.2) is 52.1 Å². The van der Waals surface area contributed by atoms with E-state index in [-0.39, 0.29) is 18.0 Å². The van der Waals surface area contributed by atoms with Gasteiger partial charge in [-0.15, -0.1) is 0 Å². The summed E-state index contributed by atoms with van der Waals surface area (Å²) in [6.07, 6.45) is 2.41. The van der Waals surface area contributed by atoms with Gasteiger partial charge < -0.3 is 10.2 Å².